The molecule has 0 radical (unpaired) electrons. The van der Waals surface area contributed by atoms with Gasteiger partial charge in [0.2, 0.25) is 0 Å². The molecule has 20 heavy (non-hydrogen) atoms. The van der Waals surface area contributed by atoms with E-state index in [0.717, 1.165) is 0 Å². The van der Waals surface area contributed by atoms with Gasteiger partial charge in [-0.1, -0.05) is 13.8 Å². The summed E-state index contributed by atoms with van der Waals surface area (Å²) in [6.45, 7) is 2.92. The predicted octanol–water partition coefficient (Wildman–Crippen LogP) is 1.42. The lowest BCUT2D eigenvalue weighted by molar-refractivity contribution is -0.0566. The van der Waals surface area contributed by atoms with Crippen molar-refractivity contribution in [1.82, 2.24) is 0 Å². The summed E-state index contributed by atoms with van der Waals surface area (Å²) in [4.78, 5) is 14.3. The third-order valence-corrected chi connectivity index (χ3v) is 2.91. The summed E-state index contributed by atoms with van der Waals surface area (Å²) in [7, 11) is -8.62. The third-order valence-electron chi connectivity index (χ3n) is 1.87. The smallest absolute Gasteiger partial charge is 0.376 e. The van der Waals surface area contributed by atoms with Gasteiger partial charge in [0, 0.05) is 0 Å². The molecular weight excluding hydrogens is 328 g/mol. The molecule has 0 spiro atoms. The molecule has 0 heterocycles. The second-order valence-corrected chi connectivity index (χ2v) is 5.49. The van der Waals surface area contributed by atoms with Gasteiger partial charge in [-0.05, 0) is 12.8 Å². The van der Waals surface area contributed by atoms with E-state index in [0.29, 0.717) is 12.8 Å². The Morgan fingerprint density at radius 1 is 1.15 bits per heavy atom. The maximum atomic E-state index is 11.8. The number of hydrogen-bond donors (Lipinski definition) is 2. The van der Waals surface area contributed by atoms with E-state index in [4.69, 9.17) is 19.1 Å². The van der Waals surface area contributed by atoms with Crippen molar-refractivity contribution in [1.29, 1.82) is 0 Å². The standard InChI is InChI=1S/C8H15F3O4S.H3O3P/c1-3-7(4-2)14-5-6-15-16(12,13)8(9,10)11;1-4(2)3/h7H,3-6H2,1-2H3;4H,(H2,1,2,3). The Morgan fingerprint density at radius 3 is 1.85 bits per heavy atom. The van der Waals surface area contributed by atoms with Crippen LogP contribution in [0.5, 0.6) is 0 Å². The molecule has 0 saturated heterocycles. The van der Waals surface area contributed by atoms with Crippen molar-refractivity contribution >= 4 is 18.4 Å². The Hall–Kier alpha value is -0.190. The van der Waals surface area contributed by atoms with Crippen molar-refractivity contribution in [2.24, 2.45) is 0 Å². The van der Waals surface area contributed by atoms with E-state index in [1.54, 1.807) is 0 Å². The summed E-state index contributed by atoms with van der Waals surface area (Å²) < 4.78 is 73.8. The lowest BCUT2D eigenvalue weighted by atomic mass is 10.2. The highest BCUT2D eigenvalue weighted by Crippen LogP contribution is 2.24. The van der Waals surface area contributed by atoms with Crippen molar-refractivity contribution in [2.45, 2.75) is 38.3 Å². The summed E-state index contributed by atoms with van der Waals surface area (Å²) in [6, 6.07) is 0. The summed E-state index contributed by atoms with van der Waals surface area (Å²) in [5.74, 6) is 0. The van der Waals surface area contributed by atoms with E-state index in [1.165, 1.54) is 0 Å². The first-order valence-electron chi connectivity index (χ1n) is 5.47. The van der Waals surface area contributed by atoms with Crippen molar-refractivity contribution in [3.8, 4) is 0 Å². The number of rotatable bonds is 7. The number of ether oxygens (including phenoxy) is 1. The highest BCUT2D eigenvalue weighted by atomic mass is 32.2. The molecule has 12 heteroatoms. The Labute approximate surface area is 115 Å². The van der Waals surface area contributed by atoms with Gasteiger partial charge >= 0.3 is 23.9 Å². The number of alkyl halides is 3. The molecule has 7 nitrogen and oxygen atoms in total. The Kier molecular flexibility index (Phi) is 11.6. The van der Waals surface area contributed by atoms with Crippen molar-refractivity contribution in [3.63, 3.8) is 0 Å². The average Bonchev–Trinajstić information content (AvgIpc) is 2.27. The maximum absolute atomic E-state index is 11.8. The Bertz CT molecular complexity index is 363. The summed E-state index contributed by atoms with van der Waals surface area (Å²) in [6.07, 6.45) is 1.34. The van der Waals surface area contributed by atoms with Crippen LogP contribution in [-0.4, -0.2) is 43.0 Å². The van der Waals surface area contributed by atoms with Crippen LogP contribution in [0.3, 0.4) is 0 Å². The van der Waals surface area contributed by atoms with Crippen LogP contribution >= 0.6 is 8.25 Å². The first-order chi connectivity index (χ1) is 8.97. The van der Waals surface area contributed by atoms with Crippen LogP contribution in [0.25, 0.3) is 0 Å². The van der Waals surface area contributed by atoms with Gasteiger partial charge in [0.1, 0.15) is 0 Å². The predicted molar refractivity (Wildman–Crippen MR) is 64.7 cm³/mol. The topological polar surface area (TPSA) is 110 Å². The highest BCUT2D eigenvalue weighted by Gasteiger charge is 2.47. The van der Waals surface area contributed by atoms with Gasteiger partial charge in [-0.25, -0.2) is 0 Å². The zero-order valence-electron chi connectivity index (χ0n) is 10.9. The van der Waals surface area contributed by atoms with Gasteiger partial charge in [-0.2, -0.15) is 21.6 Å². The van der Waals surface area contributed by atoms with E-state index in [-0.39, 0.29) is 12.7 Å². The fraction of sp³-hybridized carbons (Fsp3) is 1.00. The molecule has 0 amide bonds. The molecule has 0 aliphatic heterocycles. The van der Waals surface area contributed by atoms with Gasteiger partial charge in [0.25, 0.3) is 0 Å². The Balaban J connectivity index is 0. The van der Waals surface area contributed by atoms with Crippen molar-refractivity contribution in [3.05, 3.63) is 0 Å². The monoisotopic (exact) mass is 346 g/mol. The van der Waals surface area contributed by atoms with E-state index < -0.39 is 30.5 Å². The lowest BCUT2D eigenvalue weighted by Gasteiger charge is -2.14. The van der Waals surface area contributed by atoms with E-state index in [1.807, 2.05) is 13.8 Å². The summed E-state index contributed by atoms with van der Waals surface area (Å²) in [5, 5.41) is 0. The van der Waals surface area contributed by atoms with Gasteiger partial charge in [-0.3, -0.25) is 8.75 Å². The molecule has 0 rings (SSSR count). The fourth-order valence-corrected chi connectivity index (χ4v) is 1.37. The minimum Gasteiger partial charge on any atom is -0.376 e. The number of hydrogen-bond acceptors (Lipinski definition) is 5. The second kappa shape index (κ2) is 10.5. The average molecular weight is 346 g/mol. The molecule has 0 aliphatic rings. The Morgan fingerprint density at radius 2 is 1.55 bits per heavy atom. The highest BCUT2D eigenvalue weighted by molar-refractivity contribution is 7.87. The van der Waals surface area contributed by atoms with Crippen LogP contribution in [0.2, 0.25) is 0 Å². The molecule has 0 saturated carbocycles. The van der Waals surface area contributed by atoms with Crippen LogP contribution in [0.4, 0.5) is 13.2 Å². The minimum absolute atomic E-state index is 0.0859. The van der Waals surface area contributed by atoms with Crippen LogP contribution < -0.4 is 0 Å². The SMILES string of the molecule is CCC(CC)OCCOS(=O)(=O)C(F)(F)F.O=[PH](O)O. The number of halogens is 3. The second-order valence-electron chi connectivity index (χ2n) is 3.31. The largest absolute Gasteiger partial charge is 0.523 e. The van der Waals surface area contributed by atoms with Crippen LogP contribution in [0.1, 0.15) is 26.7 Å². The summed E-state index contributed by atoms with van der Waals surface area (Å²) >= 11 is 0. The van der Waals surface area contributed by atoms with Crippen LogP contribution in [0.15, 0.2) is 0 Å². The van der Waals surface area contributed by atoms with E-state index in [2.05, 4.69) is 4.18 Å². The fourth-order valence-electron chi connectivity index (χ4n) is 0.950. The third kappa shape index (κ3) is 11.6. The zero-order chi connectivity index (χ0) is 16.4. The van der Waals surface area contributed by atoms with E-state index in [9.17, 15) is 21.6 Å². The molecule has 0 aromatic rings. The van der Waals surface area contributed by atoms with Gasteiger partial charge in [0.05, 0.1) is 19.3 Å². The quantitative estimate of drug-likeness (QED) is 0.310. The van der Waals surface area contributed by atoms with Crippen molar-refractivity contribution in [2.75, 3.05) is 13.2 Å². The first kappa shape index (κ1) is 22.1. The van der Waals surface area contributed by atoms with Crippen LogP contribution in [0, 0.1) is 0 Å². The van der Waals surface area contributed by atoms with Crippen molar-refractivity contribution < 1.29 is 44.9 Å². The molecular formula is C8H18F3O7PS. The molecule has 0 aromatic heterocycles. The van der Waals surface area contributed by atoms with Gasteiger partial charge < -0.3 is 14.5 Å². The van der Waals surface area contributed by atoms with Gasteiger partial charge in [-0.15, -0.1) is 0 Å². The molecule has 0 aromatic carbocycles. The lowest BCUT2D eigenvalue weighted by Crippen LogP contribution is -2.27. The molecule has 2 N–H and O–H groups in total. The normalized spacial score (nSPS) is 12.4. The van der Waals surface area contributed by atoms with Crippen LogP contribution in [-0.2, 0) is 23.6 Å². The molecule has 124 valence electrons. The molecule has 0 fully saturated rings. The molecule has 0 unspecified atom stereocenters. The minimum atomic E-state index is -5.49. The summed E-state index contributed by atoms with van der Waals surface area (Å²) in [5.41, 5.74) is -5.37. The maximum Gasteiger partial charge on any atom is 0.523 e. The molecule has 0 atom stereocenters. The van der Waals surface area contributed by atoms with Gasteiger partial charge in [0.15, 0.2) is 0 Å². The molecule has 0 bridgehead atoms. The first-order valence-corrected chi connectivity index (χ1v) is 8.18. The molecule has 0 aliphatic carbocycles. The van der Waals surface area contributed by atoms with E-state index >= 15 is 0 Å². The zero-order valence-corrected chi connectivity index (χ0v) is 12.7.